The van der Waals surface area contributed by atoms with E-state index in [1.165, 1.54) is 0 Å². The van der Waals surface area contributed by atoms with Crippen molar-refractivity contribution in [1.82, 2.24) is 9.97 Å². The third kappa shape index (κ3) is 1.01. The molecule has 1 aromatic heterocycles. The summed E-state index contributed by atoms with van der Waals surface area (Å²) in [5.74, 6) is 1.43. The van der Waals surface area contributed by atoms with E-state index in [9.17, 15) is 0 Å². The van der Waals surface area contributed by atoms with E-state index in [1.54, 1.807) is 6.20 Å². The van der Waals surface area contributed by atoms with Gasteiger partial charge in [0.05, 0.1) is 5.88 Å². The number of hydrogen-bond donors (Lipinski definition) is 1. The third-order valence-electron chi connectivity index (χ3n) is 0.899. The van der Waals surface area contributed by atoms with E-state index in [0.29, 0.717) is 5.88 Å². The van der Waals surface area contributed by atoms with Crippen LogP contribution in [0.2, 0.25) is 0 Å². The Morgan fingerprint density at radius 1 is 1.88 bits per heavy atom. The maximum Gasteiger partial charge on any atom is 0.103 e. The molecule has 0 saturated carbocycles. The highest BCUT2D eigenvalue weighted by Gasteiger charge is 1.90. The fourth-order valence-electron chi connectivity index (χ4n) is 0.540. The van der Waals surface area contributed by atoms with Gasteiger partial charge < -0.3 is 4.98 Å². The van der Waals surface area contributed by atoms with Crippen LogP contribution in [0.15, 0.2) is 6.20 Å². The summed E-state index contributed by atoms with van der Waals surface area (Å²) in [6, 6.07) is 0. The van der Waals surface area contributed by atoms with E-state index in [2.05, 4.69) is 9.97 Å². The molecule has 0 fully saturated rings. The van der Waals surface area contributed by atoms with Crippen LogP contribution < -0.4 is 0 Å². The lowest BCUT2D eigenvalue weighted by Crippen LogP contribution is -1.74. The van der Waals surface area contributed by atoms with Crippen molar-refractivity contribution in [3.05, 3.63) is 17.7 Å². The van der Waals surface area contributed by atoms with Crippen LogP contribution in [-0.4, -0.2) is 9.97 Å². The molecular formula is C5H7ClN2. The van der Waals surface area contributed by atoms with Crippen LogP contribution in [0.4, 0.5) is 0 Å². The predicted octanol–water partition coefficient (Wildman–Crippen LogP) is 1.46. The van der Waals surface area contributed by atoms with Gasteiger partial charge >= 0.3 is 0 Å². The first-order valence-corrected chi connectivity index (χ1v) is 2.93. The highest BCUT2D eigenvalue weighted by Crippen LogP contribution is 1.97. The van der Waals surface area contributed by atoms with Crippen LogP contribution in [0.25, 0.3) is 0 Å². The molecule has 0 amide bonds. The molecule has 0 unspecified atom stereocenters. The van der Waals surface area contributed by atoms with Gasteiger partial charge in [-0.2, -0.15) is 0 Å². The summed E-state index contributed by atoms with van der Waals surface area (Å²) in [5.41, 5.74) is 0.976. The summed E-state index contributed by atoms with van der Waals surface area (Å²) in [7, 11) is 0. The molecule has 0 spiro atoms. The minimum atomic E-state index is 0.515. The summed E-state index contributed by atoms with van der Waals surface area (Å²) in [6.07, 6.45) is 1.74. The van der Waals surface area contributed by atoms with Crippen molar-refractivity contribution in [2.75, 3.05) is 0 Å². The van der Waals surface area contributed by atoms with Crippen molar-refractivity contribution < 1.29 is 0 Å². The standard InChI is InChI=1S/C5H7ClN2/c1-4-7-3-5(2-6)8-4/h3H,2H2,1H3,(H,7,8). The number of aromatic nitrogens is 2. The van der Waals surface area contributed by atoms with Gasteiger partial charge in [-0.25, -0.2) is 4.98 Å². The second-order valence-electron chi connectivity index (χ2n) is 1.63. The number of alkyl halides is 1. The molecule has 1 rings (SSSR count). The van der Waals surface area contributed by atoms with Gasteiger partial charge in [0.2, 0.25) is 0 Å². The molecule has 0 aliphatic heterocycles. The quantitative estimate of drug-likeness (QED) is 0.573. The first kappa shape index (κ1) is 5.63. The zero-order valence-electron chi connectivity index (χ0n) is 4.61. The molecule has 8 heavy (non-hydrogen) atoms. The largest absolute Gasteiger partial charge is 0.345 e. The van der Waals surface area contributed by atoms with Crippen LogP contribution in [0.5, 0.6) is 0 Å². The normalized spacial score (nSPS) is 9.75. The van der Waals surface area contributed by atoms with Crippen LogP contribution in [0.3, 0.4) is 0 Å². The highest BCUT2D eigenvalue weighted by molar-refractivity contribution is 6.16. The zero-order valence-corrected chi connectivity index (χ0v) is 5.37. The summed E-state index contributed by atoms with van der Waals surface area (Å²) in [6.45, 7) is 1.90. The predicted molar refractivity (Wildman–Crippen MR) is 32.9 cm³/mol. The molecule has 0 bridgehead atoms. The van der Waals surface area contributed by atoms with Gasteiger partial charge in [0.15, 0.2) is 0 Å². The molecule has 44 valence electrons. The van der Waals surface area contributed by atoms with Gasteiger partial charge in [0.1, 0.15) is 5.82 Å². The van der Waals surface area contributed by atoms with Crippen molar-refractivity contribution in [3.8, 4) is 0 Å². The van der Waals surface area contributed by atoms with E-state index in [4.69, 9.17) is 11.6 Å². The van der Waals surface area contributed by atoms with Crippen LogP contribution >= 0.6 is 11.6 Å². The van der Waals surface area contributed by atoms with Gasteiger partial charge in [-0.15, -0.1) is 11.6 Å². The fourth-order valence-corrected chi connectivity index (χ4v) is 0.675. The molecule has 0 atom stereocenters. The number of rotatable bonds is 1. The third-order valence-corrected chi connectivity index (χ3v) is 1.19. The SMILES string of the molecule is Cc1ncc(CCl)[nH]1. The Hall–Kier alpha value is -0.500. The molecule has 0 aliphatic carbocycles. The van der Waals surface area contributed by atoms with E-state index < -0.39 is 0 Å². The Kier molecular flexibility index (Phi) is 1.53. The Labute approximate surface area is 52.9 Å². The van der Waals surface area contributed by atoms with Crippen molar-refractivity contribution >= 4 is 11.6 Å². The Morgan fingerprint density at radius 2 is 2.62 bits per heavy atom. The van der Waals surface area contributed by atoms with Crippen LogP contribution in [-0.2, 0) is 5.88 Å². The second-order valence-corrected chi connectivity index (χ2v) is 1.89. The van der Waals surface area contributed by atoms with Gasteiger partial charge in [0, 0.05) is 11.9 Å². The second kappa shape index (κ2) is 2.18. The van der Waals surface area contributed by atoms with Gasteiger partial charge in [0.25, 0.3) is 0 Å². The number of aryl methyl sites for hydroxylation is 1. The van der Waals surface area contributed by atoms with E-state index >= 15 is 0 Å². The number of imidazole rings is 1. The number of halogens is 1. The summed E-state index contributed by atoms with van der Waals surface area (Å²) in [4.78, 5) is 6.93. The lowest BCUT2D eigenvalue weighted by Gasteiger charge is -1.80. The van der Waals surface area contributed by atoms with Crippen molar-refractivity contribution in [2.45, 2.75) is 12.8 Å². The van der Waals surface area contributed by atoms with E-state index in [1.807, 2.05) is 6.92 Å². The number of hydrogen-bond acceptors (Lipinski definition) is 1. The van der Waals surface area contributed by atoms with Crippen molar-refractivity contribution in [1.29, 1.82) is 0 Å². The molecule has 1 heterocycles. The number of nitrogens with one attached hydrogen (secondary N) is 1. The maximum absolute atomic E-state index is 5.47. The zero-order chi connectivity index (χ0) is 5.98. The van der Waals surface area contributed by atoms with Crippen LogP contribution in [0.1, 0.15) is 11.5 Å². The van der Waals surface area contributed by atoms with Crippen LogP contribution in [0, 0.1) is 6.92 Å². The maximum atomic E-state index is 5.47. The summed E-state index contributed by atoms with van der Waals surface area (Å²) < 4.78 is 0. The Morgan fingerprint density at radius 3 is 2.88 bits per heavy atom. The Balaban J connectivity index is 2.84. The average molecular weight is 131 g/mol. The molecule has 0 aromatic carbocycles. The molecule has 0 radical (unpaired) electrons. The molecular weight excluding hydrogens is 124 g/mol. The smallest absolute Gasteiger partial charge is 0.103 e. The fraction of sp³-hybridized carbons (Fsp3) is 0.400. The van der Waals surface area contributed by atoms with Gasteiger partial charge in [-0.1, -0.05) is 0 Å². The van der Waals surface area contributed by atoms with Crippen molar-refractivity contribution in [3.63, 3.8) is 0 Å². The molecule has 0 aliphatic rings. The Bertz CT molecular complexity index is 171. The monoisotopic (exact) mass is 130 g/mol. The number of H-pyrrole nitrogens is 1. The molecule has 1 N–H and O–H groups in total. The topological polar surface area (TPSA) is 28.7 Å². The lowest BCUT2D eigenvalue weighted by atomic mass is 10.6. The minimum Gasteiger partial charge on any atom is -0.345 e. The number of nitrogens with zero attached hydrogens (tertiary/aromatic N) is 1. The van der Waals surface area contributed by atoms with Gasteiger partial charge in [-0.3, -0.25) is 0 Å². The highest BCUT2D eigenvalue weighted by atomic mass is 35.5. The van der Waals surface area contributed by atoms with Gasteiger partial charge in [-0.05, 0) is 6.92 Å². The summed E-state index contributed by atoms with van der Waals surface area (Å²) >= 11 is 5.47. The first-order valence-electron chi connectivity index (χ1n) is 2.39. The molecule has 1 aromatic rings. The summed E-state index contributed by atoms with van der Waals surface area (Å²) in [5, 5.41) is 0. The van der Waals surface area contributed by atoms with E-state index in [-0.39, 0.29) is 0 Å². The molecule has 3 heteroatoms. The molecule has 2 nitrogen and oxygen atoms in total. The number of aromatic amines is 1. The van der Waals surface area contributed by atoms with E-state index in [0.717, 1.165) is 11.5 Å². The van der Waals surface area contributed by atoms with Crippen molar-refractivity contribution in [2.24, 2.45) is 0 Å². The lowest BCUT2D eigenvalue weighted by molar-refractivity contribution is 1.12. The first-order chi connectivity index (χ1) is 3.83. The minimum absolute atomic E-state index is 0.515. The molecule has 0 saturated heterocycles. The average Bonchev–Trinajstić information content (AvgIpc) is 2.14.